The molecule has 0 fully saturated rings. The topological polar surface area (TPSA) is 38.3 Å². The average molecular weight is 342 g/mol. The molecule has 7 heteroatoms. The number of amides is 1. The number of anilines is 1. The van der Waals surface area contributed by atoms with Crippen LogP contribution in [-0.2, 0) is 16.5 Å². The van der Waals surface area contributed by atoms with E-state index in [1.165, 1.54) is 12.1 Å². The van der Waals surface area contributed by atoms with E-state index in [4.69, 9.17) is 16.3 Å². The Morgan fingerprint density at radius 3 is 2.35 bits per heavy atom. The summed E-state index contributed by atoms with van der Waals surface area (Å²) in [5.41, 5.74) is -0.620. The largest absolute Gasteiger partial charge is 0.431 e. The summed E-state index contributed by atoms with van der Waals surface area (Å²) < 4.78 is 43.6. The zero-order valence-electron chi connectivity index (χ0n) is 11.7. The molecule has 0 aromatic heterocycles. The molecule has 1 atom stereocenters. The second-order valence-corrected chi connectivity index (χ2v) is 5.36. The number of benzene rings is 2. The van der Waals surface area contributed by atoms with Gasteiger partial charge in [-0.05, 0) is 18.2 Å². The normalized spacial score (nSPS) is 20.4. The number of ether oxygens (including phenoxy) is 1. The van der Waals surface area contributed by atoms with E-state index < -0.39 is 23.4 Å². The van der Waals surface area contributed by atoms with E-state index in [-0.39, 0.29) is 5.88 Å². The van der Waals surface area contributed by atoms with Gasteiger partial charge in [-0.1, -0.05) is 30.3 Å². The predicted octanol–water partition coefficient (Wildman–Crippen LogP) is 4.75. The molecule has 0 bridgehead atoms. The van der Waals surface area contributed by atoms with E-state index >= 15 is 0 Å². The first-order chi connectivity index (χ1) is 10.9. The third-order valence-electron chi connectivity index (χ3n) is 3.73. The molecule has 1 N–H and O–H groups in total. The van der Waals surface area contributed by atoms with Gasteiger partial charge < -0.3 is 4.74 Å². The van der Waals surface area contributed by atoms with Crippen molar-refractivity contribution in [2.45, 2.75) is 11.8 Å². The molecule has 0 spiro atoms. The molecule has 1 amide bonds. The number of para-hydroxylation sites is 1. The molecule has 3 nitrogen and oxygen atoms in total. The predicted molar refractivity (Wildman–Crippen MR) is 79.5 cm³/mol. The summed E-state index contributed by atoms with van der Waals surface area (Å²) in [6, 6.07) is 11.3. The summed E-state index contributed by atoms with van der Waals surface area (Å²) in [5.74, 6) is -0.122. The summed E-state index contributed by atoms with van der Waals surface area (Å²) in [5, 5.41) is 2.55. The van der Waals surface area contributed by atoms with Gasteiger partial charge in [-0.3, -0.25) is 5.32 Å². The molecule has 0 aliphatic carbocycles. The summed E-state index contributed by atoms with van der Waals surface area (Å²) in [6.45, 7) is 0. The van der Waals surface area contributed by atoms with Crippen molar-refractivity contribution < 1.29 is 22.7 Å². The van der Waals surface area contributed by atoms with Gasteiger partial charge in [0.2, 0.25) is 0 Å². The number of carbonyl (C=O) groups is 1. The van der Waals surface area contributed by atoms with Gasteiger partial charge in [-0.25, -0.2) is 4.79 Å². The SMILES string of the molecule is O=C1Nc2ccccc2[C@](CCl)(c2ccc(C(F)(F)F)cc2)O1. The highest BCUT2D eigenvalue weighted by atomic mass is 35.5. The van der Waals surface area contributed by atoms with Crippen LogP contribution < -0.4 is 5.32 Å². The van der Waals surface area contributed by atoms with Crippen molar-refractivity contribution in [3.8, 4) is 0 Å². The number of rotatable bonds is 2. The third kappa shape index (κ3) is 2.63. The van der Waals surface area contributed by atoms with Crippen LogP contribution in [-0.4, -0.2) is 12.0 Å². The van der Waals surface area contributed by atoms with Gasteiger partial charge in [0.15, 0.2) is 5.60 Å². The zero-order valence-corrected chi connectivity index (χ0v) is 12.4. The van der Waals surface area contributed by atoms with Crippen molar-refractivity contribution >= 4 is 23.4 Å². The van der Waals surface area contributed by atoms with E-state index in [0.29, 0.717) is 16.8 Å². The van der Waals surface area contributed by atoms with Crippen molar-refractivity contribution in [1.29, 1.82) is 0 Å². The first-order valence-electron chi connectivity index (χ1n) is 6.70. The Bertz CT molecular complexity index is 746. The molecule has 2 aromatic carbocycles. The summed E-state index contributed by atoms with van der Waals surface area (Å²) >= 11 is 6.07. The minimum Gasteiger partial charge on any atom is -0.431 e. The van der Waals surface area contributed by atoms with E-state index in [1.54, 1.807) is 24.3 Å². The molecule has 1 aliphatic heterocycles. The molecule has 120 valence electrons. The van der Waals surface area contributed by atoms with Gasteiger partial charge in [0.05, 0.1) is 17.1 Å². The van der Waals surface area contributed by atoms with Crippen LogP contribution in [0.4, 0.5) is 23.7 Å². The molecule has 0 saturated carbocycles. The highest BCUT2D eigenvalue weighted by Crippen LogP contribution is 2.42. The molecular weight excluding hydrogens is 331 g/mol. The number of hydrogen-bond acceptors (Lipinski definition) is 2. The lowest BCUT2D eigenvalue weighted by atomic mass is 9.85. The van der Waals surface area contributed by atoms with Gasteiger partial charge >= 0.3 is 12.3 Å². The minimum atomic E-state index is -4.44. The molecule has 3 rings (SSSR count). The molecule has 23 heavy (non-hydrogen) atoms. The van der Waals surface area contributed by atoms with Crippen molar-refractivity contribution in [2.75, 3.05) is 11.2 Å². The van der Waals surface area contributed by atoms with Gasteiger partial charge in [0.25, 0.3) is 0 Å². The van der Waals surface area contributed by atoms with Crippen LogP contribution in [0.5, 0.6) is 0 Å². The van der Waals surface area contributed by atoms with Crippen molar-refractivity contribution in [3.05, 3.63) is 65.2 Å². The Hall–Kier alpha value is -2.21. The monoisotopic (exact) mass is 341 g/mol. The summed E-state index contributed by atoms with van der Waals surface area (Å²) in [4.78, 5) is 11.8. The second-order valence-electron chi connectivity index (χ2n) is 5.10. The lowest BCUT2D eigenvalue weighted by molar-refractivity contribution is -0.137. The van der Waals surface area contributed by atoms with Crippen LogP contribution in [0.15, 0.2) is 48.5 Å². The van der Waals surface area contributed by atoms with E-state index in [1.807, 2.05) is 0 Å². The van der Waals surface area contributed by atoms with Crippen LogP contribution >= 0.6 is 11.6 Å². The maximum atomic E-state index is 12.7. The van der Waals surface area contributed by atoms with Crippen LogP contribution in [0.2, 0.25) is 0 Å². The van der Waals surface area contributed by atoms with Crippen LogP contribution in [0.3, 0.4) is 0 Å². The Morgan fingerprint density at radius 1 is 1.09 bits per heavy atom. The molecule has 2 aromatic rings. The molecule has 1 aliphatic rings. The molecule has 1 heterocycles. The maximum Gasteiger partial charge on any atom is 0.416 e. The van der Waals surface area contributed by atoms with Gasteiger partial charge in [0, 0.05) is 11.1 Å². The number of fused-ring (bicyclic) bond motifs is 1. The fourth-order valence-electron chi connectivity index (χ4n) is 2.61. The highest BCUT2D eigenvalue weighted by Gasteiger charge is 2.43. The smallest absolute Gasteiger partial charge is 0.416 e. The third-order valence-corrected chi connectivity index (χ3v) is 4.11. The Labute approximate surface area is 135 Å². The lowest BCUT2D eigenvalue weighted by Crippen LogP contribution is -2.42. The quantitative estimate of drug-likeness (QED) is 0.800. The van der Waals surface area contributed by atoms with Crippen molar-refractivity contribution in [3.63, 3.8) is 0 Å². The fraction of sp³-hybridized carbons (Fsp3) is 0.188. The number of carbonyl (C=O) groups excluding carboxylic acids is 1. The summed E-state index contributed by atoms with van der Waals surface area (Å²) in [6.07, 6.45) is -5.14. The number of cyclic esters (lactones) is 1. The number of halogens is 4. The second kappa shape index (κ2) is 5.45. The number of alkyl halides is 4. The van der Waals surface area contributed by atoms with Crippen molar-refractivity contribution in [2.24, 2.45) is 0 Å². The molecule has 0 unspecified atom stereocenters. The van der Waals surface area contributed by atoms with Crippen molar-refractivity contribution in [1.82, 2.24) is 0 Å². The molecule has 0 saturated heterocycles. The first-order valence-corrected chi connectivity index (χ1v) is 7.23. The standard InChI is InChI=1S/C16H11ClF3NO2/c17-9-15(10-5-7-11(8-6-10)16(18,19)20)12-3-1-2-4-13(12)21-14(22)23-15/h1-8H,9H2,(H,21,22)/t15-/m0/s1. The molecule has 0 radical (unpaired) electrons. The highest BCUT2D eigenvalue weighted by molar-refractivity contribution is 6.19. The van der Waals surface area contributed by atoms with Crippen LogP contribution in [0, 0.1) is 0 Å². The Morgan fingerprint density at radius 2 is 1.74 bits per heavy atom. The number of nitrogens with one attached hydrogen (secondary N) is 1. The van der Waals surface area contributed by atoms with Crippen LogP contribution in [0.25, 0.3) is 0 Å². The Kier molecular flexibility index (Phi) is 3.72. The minimum absolute atomic E-state index is 0.122. The fourth-order valence-corrected chi connectivity index (χ4v) is 2.97. The number of hydrogen-bond donors (Lipinski definition) is 1. The van der Waals surface area contributed by atoms with E-state index in [9.17, 15) is 18.0 Å². The van der Waals surface area contributed by atoms with E-state index in [0.717, 1.165) is 12.1 Å². The van der Waals surface area contributed by atoms with Gasteiger partial charge in [0.1, 0.15) is 0 Å². The maximum absolute atomic E-state index is 12.7. The van der Waals surface area contributed by atoms with Gasteiger partial charge in [-0.15, -0.1) is 11.6 Å². The summed E-state index contributed by atoms with van der Waals surface area (Å²) in [7, 11) is 0. The Balaban J connectivity index is 2.13. The van der Waals surface area contributed by atoms with Crippen LogP contribution in [0.1, 0.15) is 16.7 Å². The van der Waals surface area contributed by atoms with Gasteiger partial charge in [-0.2, -0.15) is 13.2 Å². The lowest BCUT2D eigenvalue weighted by Gasteiger charge is -2.37. The average Bonchev–Trinajstić information content (AvgIpc) is 2.53. The zero-order chi connectivity index (χ0) is 16.7. The van der Waals surface area contributed by atoms with E-state index in [2.05, 4.69) is 5.32 Å². The first kappa shape index (κ1) is 15.7. The molecular formula is C16H11ClF3NO2.